The van der Waals surface area contributed by atoms with Crippen molar-refractivity contribution in [3.8, 4) is 0 Å². The van der Waals surface area contributed by atoms with Crippen molar-refractivity contribution in [3.05, 3.63) is 42.4 Å². The summed E-state index contributed by atoms with van der Waals surface area (Å²) in [6.45, 7) is 5.78. The van der Waals surface area contributed by atoms with Crippen molar-refractivity contribution < 1.29 is 4.39 Å². The van der Waals surface area contributed by atoms with E-state index in [-0.39, 0.29) is 0 Å². The minimum absolute atomic E-state index is 0.307. The lowest BCUT2D eigenvalue weighted by atomic mass is 10.2. The van der Waals surface area contributed by atoms with E-state index in [1.807, 2.05) is 30.2 Å². The number of aryl methyl sites for hydroxylation is 1. The maximum atomic E-state index is 13.3. The molecule has 0 aromatic carbocycles. The molecule has 0 radical (unpaired) electrons. The molecule has 6 heteroatoms. The van der Waals surface area contributed by atoms with Gasteiger partial charge in [0.1, 0.15) is 5.82 Å². The van der Waals surface area contributed by atoms with Crippen LogP contribution in [-0.2, 0) is 13.6 Å². The molecule has 1 aliphatic heterocycles. The Kier molecular flexibility index (Phi) is 3.88. The van der Waals surface area contributed by atoms with Crippen LogP contribution in [0.15, 0.2) is 30.7 Å². The van der Waals surface area contributed by atoms with E-state index in [0.29, 0.717) is 6.04 Å². The first kappa shape index (κ1) is 14.0. The van der Waals surface area contributed by atoms with Gasteiger partial charge in [-0.05, 0) is 19.1 Å². The first-order valence-corrected chi connectivity index (χ1v) is 7.20. The Hall–Kier alpha value is -1.95. The Morgan fingerprint density at radius 2 is 2.19 bits per heavy atom. The van der Waals surface area contributed by atoms with E-state index >= 15 is 0 Å². The lowest BCUT2D eigenvalue weighted by Crippen LogP contribution is -2.52. The van der Waals surface area contributed by atoms with Crippen molar-refractivity contribution in [1.29, 1.82) is 0 Å². The fraction of sp³-hybridized carbons (Fsp3) is 0.467. The van der Waals surface area contributed by atoms with Gasteiger partial charge in [-0.15, -0.1) is 0 Å². The summed E-state index contributed by atoms with van der Waals surface area (Å²) >= 11 is 0. The standard InChI is InChI=1S/C15H20FN5/c1-12-9-20(10-13-8-17-11-19(13)2)6-7-21(12)15-5-3-4-14(16)18-15/h3-5,8,11-12H,6-7,9-10H2,1-2H3. The molecule has 1 fully saturated rings. The Labute approximate surface area is 124 Å². The quantitative estimate of drug-likeness (QED) is 0.806. The maximum absolute atomic E-state index is 13.3. The molecule has 2 aromatic rings. The molecule has 112 valence electrons. The fourth-order valence-electron chi connectivity index (χ4n) is 2.84. The van der Waals surface area contributed by atoms with E-state index in [1.165, 1.54) is 11.8 Å². The van der Waals surface area contributed by atoms with Gasteiger partial charge in [0.05, 0.1) is 12.0 Å². The molecule has 0 amide bonds. The number of hydrogen-bond donors (Lipinski definition) is 0. The summed E-state index contributed by atoms with van der Waals surface area (Å²) in [5.74, 6) is 0.305. The number of halogens is 1. The van der Waals surface area contributed by atoms with Gasteiger partial charge in [-0.1, -0.05) is 6.07 Å². The monoisotopic (exact) mass is 289 g/mol. The van der Waals surface area contributed by atoms with Crippen LogP contribution in [-0.4, -0.2) is 45.1 Å². The van der Waals surface area contributed by atoms with Gasteiger partial charge in [0.25, 0.3) is 0 Å². The normalized spacial score (nSPS) is 20.0. The van der Waals surface area contributed by atoms with Gasteiger partial charge in [-0.25, -0.2) is 9.97 Å². The van der Waals surface area contributed by atoms with Crippen LogP contribution >= 0.6 is 0 Å². The van der Waals surface area contributed by atoms with Gasteiger partial charge in [-0.2, -0.15) is 4.39 Å². The molecule has 3 rings (SSSR count). The highest BCUT2D eigenvalue weighted by Crippen LogP contribution is 2.19. The number of nitrogens with zero attached hydrogens (tertiary/aromatic N) is 5. The van der Waals surface area contributed by atoms with Gasteiger partial charge in [0.2, 0.25) is 5.95 Å². The second kappa shape index (κ2) is 5.81. The average molecular weight is 289 g/mol. The summed E-state index contributed by atoms with van der Waals surface area (Å²) in [6, 6.07) is 5.27. The van der Waals surface area contributed by atoms with Crippen LogP contribution in [0, 0.1) is 5.95 Å². The third-order valence-corrected chi connectivity index (χ3v) is 4.01. The van der Waals surface area contributed by atoms with E-state index in [9.17, 15) is 4.39 Å². The second-order valence-corrected chi connectivity index (χ2v) is 5.59. The Morgan fingerprint density at radius 1 is 1.33 bits per heavy atom. The Morgan fingerprint density at radius 3 is 2.86 bits per heavy atom. The number of hydrogen-bond acceptors (Lipinski definition) is 4. The predicted molar refractivity (Wildman–Crippen MR) is 79.5 cm³/mol. The minimum Gasteiger partial charge on any atom is -0.351 e. The number of rotatable bonds is 3. The molecule has 1 unspecified atom stereocenters. The number of imidazole rings is 1. The molecule has 21 heavy (non-hydrogen) atoms. The Bertz CT molecular complexity index is 612. The summed E-state index contributed by atoms with van der Waals surface area (Å²) < 4.78 is 15.3. The zero-order valence-corrected chi connectivity index (χ0v) is 12.4. The number of aromatic nitrogens is 3. The molecule has 2 aromatic heterocycles. The summed E-state index contributed by atoms with van der Waals surface area (Å²) in [4.78, 5) is 12.7. The van der Waals surface area contributed by atoms with E-state index < -0.39 is 5.95 Å². The van der Waals surface area contributed by atoms with Crippen LogP contribution in [0.5, 0.6) is 0 Å². The summed E-state index contributed by atoms with van der Waals surface area (Å²) in [5.41, 5.74) is 1.21. The number of pyridine rings is 1. The maximum Gasteiger partial charge on any atom is 0.214 e. The average Bonchev–Trinajstić information content (AvgIpc) is 2.84. The molecule has 0 N–H and O–H groups in total. The van der Waals surface area contributed by atoms with E-state index in [2.05, 4.69) is 26.7 Å². The number of piperazine rings is 1. The fourth-order valence-corrected chi connectivity index (χ4v) is 2.84. The van der Waals surface area contributed by atoms with Gasteiger partial charge >= 0.3 is 0 Å². The molecule has 0 bridgehead atoms. The van der Waals surface area contributed by atoms with Crippen molar-refractivity contribution in [2.24, 2.45) is 7.05 Å². The molecule has 5 nitrogen and oxygen atoms in total. The van der Waals surface area contributed by atoms with Gasteiger partial charge in [0, 0.05) is 45.5 Å². The number of anilines is 1. The van der Waals surface area contributed by atoms with Gasteiger partial charge in [-0.3, -0.25) is 4.90 Å². The van der Waals surface area contributed by atoms with Gasteiger partial charge in [0.15, 0.2) is 0 Å². The van der Waals surface area contributed by atoms with Crippen molar-refractivity contribution in [3.63, 3.8) is 0 Å². The lowest BCUT2D eigenvalue weighted by Gasteiger charge is -2.40. The SMILES string of the molecule is CC1CN(Cc2cncn2C)CCN1c1cccc(F)n1. The van der Waals surface area contributed by atoms with Crippen LogP contribution in [0.4, 0.5) is 10.2 Å². The van der Waals surface area contributed by atoms with Crippen molar-refractivity contribution in [1.82, 2.24) is 19.4 Å². The highest BCUT2D eigenvalue weighted by atomic mass is 19.1. The largest absolute Gasteiger partial charge is 0.351 e. The summed E-state index contributed by atoms with van der Waals surface area (Å²) in [5, 5.41) is 0. The zero-order chi connectivity index (χ0) is 14.8. The van der Waals surface area contributed by atoms with Crippen LogP contribution in [0.25, 0.3) is 0 Å². The van der Waals surface area contributed by atoms with Crippen LogP contribution in [0.1, 0.15) is 12.6 Å². The molecule has 1 aliphatic rings. The highest BCUT2D eigenvalue weighted by Gasteiger charge is 2.25. The first-order valence-electron chi connectivity index (χ1n) is 7.20. The summed E-state index contributed by atoms with van der Waals surface area (Å²) in [6.07, 6.45) is 3.73. The zero-order valence-electron chi connectivity index (χ0n) is 12.4. The molecule has 3 heterocycles. The smallest absolute Gasteiger partial charge is 0.214 e. The Balaban J connectivity index is 1.65. The third-order valence-electron chi connectivity index (χ3n) is 4.01. The van der Waals surface area contributed by atoms with Crippen molar-refractivity contribution >= 4 is 5.82 Å². The van der Waals surface area contributed by atoms with E-state index in [0.717, 1.165) is 32.0 Å². The molecule has 0 spiro atoms. The molecule has 0 saturated carbocycles. The summed E-state index contributed by atoms with van der Waals surface area (Å²) in [7, 11) is 2.01. The van der Waals surface area contributed by atoms with E-state index in [1.54, 1.807) is 6.07 Å². The molecular formula is C15H20FN5. The van der Waals surface area contributed by atoms with Crippen molar-refractivity contribution in [2.75, 3.05) is 24.5 Å². The second-order valence-electron chi connectivity index (χ2n) is 5.59. The van der Waals surface area contributed by atoms with E-state index in [4.69, 9.17) is 0 Å². The van der Waals surface area contributed by atoms with Gasteiger partial charge < -0.3 is 9.47 Å². The van der Waals surface area contributed by atoms with Crippen molar-refractivity contribution in [2.45, 2.75) is 19.5 Å². The highest BCUT2D eigenvalue weighted by molar-refractivity contribution is 5.40. The topological polar surface area (TPSA) is 37.2 Å². The molecule has 1 saturated heterocycles. The van der Waals surface area contributed by atoms with Crippen LogP contribution < -0.4 is 4.90 Å². The molecule has 0 aliphatic carbocycles. The first-order chi connectivity index (χ1) is 10.1. The minimum atomic E-state index is -0.419. The predicted octanol–water partition coefficient (Wildman–Crippen LogP) is 1.66. The molecule has 1 atom stereocenters. The molecular weight excluding hydrogens is 269 g/mol. The lowest BCUT2D eigenvalue weighted by molar-refractivity contribution is 0.216. The van der Waals surface area contributed by atoms with Crippen LogP contribution in [0.3, 0.4) is 0 Å². The van der Waals surface area contributed by atoms with Crippen LogP contribution in [0.2, 0.25) is 0 Å². The third kappa shape index (κ3) is 3.05.